The van der Waals surface area contributed by atoms with Crippen molar-refractivity contribution in [1.29, 1.82) is 10.8 Å². The fourth-order valence-corrected chi connectivity index (χ4v) is 2.03. The molecule has 90 valence electrons. The summed E-state index contributed by atoms with van der Waals surface area (Å²) in [7, 11) is 1.25. The summed E-state index contributed by atoms with van der Waals surface area (Å²) in [5.74, 6) is 0. The van der Waals surface area contributed by atoms with Gasteiger partial charge in [-0.2, -0.15) is 0 Å². The number of nitrogens with one attached hydrogen (secondary N) is 2. The van der Waals surface area contributed by atoms with Crippen LogP contribution in [-0.4, -0.2) is 11.4 Å². The molecule has 1 aliphatic carbocycles. The Balaban J connectivity index is 0.000000329. The molecule has 2 aromatic carbocycles. The molecule has 0 aromatic heterocycles. The third kappa shape index (κ3) is 2.24. The van der Waals surface area contributed by atoms with E-state index in [-0.39, 0.29) is 0 Å². The zero-order chi connectivity index (χ0) is 12.4. The molecule has 0 fully saturated rings. The molecule has 0 aliphatic heterocycles. The van der Waals surface area contributed by atoms with Gasteiger partial charge < -0.3 is 0 Å². The van der Waals surface area contributed by atoms with Crippen molar-refractivity contribution in [3.8, 4) is 0 Å². The third-order valence-corrected chi connectivity index (χ3v) is 2.69. The monoisotopic (exact) mass is 396 g/mol. The van der Waals surface area contributed by atoms with E-state index in [1.807, 2.05) is 36.4 Å². The van der Waals surface area contributed by atoms with E-state index in [0.29, 0.717) is 11.4 Å². The van der Waals surface area contributed by atoms with Crippen LogP contribution in [0.4, 0.5) is 0 Å². The molecular formula is C12H8Br2N2Ni. The van der Waals surface area contributed by atoms with Gasteiger partial charge in [0.25, 0.3) is 0 Å². The van der Waals surface area contributed by atoms with Crippen molar-refractivity contribution in [3.05, 3.63) is 47.5 Å². The summed E-state index contributed by atoms with van der Waals surface area (Å²) in [5.41, 5.74) is 2.47. The average Bonchev–Trinajstić information content (AvgIpc) is 2.59. The molecule has 0 saturated heterocycles. The van der Waals surface area contributed by atoms with E-state index in [1.54, 1.807) is 0 Å². The second kappa shape index (κ2) is 5.42. The quantitative estimate of drug-likeness (QED) is 0.622. The normalized spacial score (nSPS) is 12.8. The van der Waals surface area contributed by atoms with Crippen LogP contribution < -0.4 is 0 Å². The first-order valence-corrected chi connectivity index (χ1v) is 9.61. The fraction of sp³-hybridized carbons (Fsp3) is 0. The van der Waals surface area contributed by atoms with Gasteiger partial charge in [0.1, 0.15) is 0 Å². The van der Waals surface area contributed by atoms with E-state index in [4.69, 9.17) is 10.8 Å². The van der Waals surface area contributed by atoms with Crippen molar-refractivity contribution in [1.82, 2.24) is 0 Å². The minimum absolute atomic E-state index is 0.344. The van der Waals surface area contributed by atoms with Crippen LogP contribution in [-0.2, 0) is 10.9 Å². The number of hydrogen-bond acceptors (Lipinski definition) is 2. The molecule has 0 saturated carbocycles. The zero-order valence-corrected chi connectivity index (χ0v) is 12.7. The number of benzene rings is 2. The first-order chi connectivity index (χ1) is 8.20. The maximum absolute atomic E-state index is 7.80. The Kier molecular flexibility index (Phi) is 4.13. The Morgan fingerprint density at radius 2 is 1.24 bits per heavy atom. The second-order valence-corrected chi connectivity index (χ2v) is 8.49. The number of halogens is 2. The molecule has 0 unspecified atom stereocenters. The average molecular weight is 399 g/mol. The second-order valence-electron chi connectivity index (χ2n) is 3.50. The van der Waals surface area contributed by atoms with E-state index in [2.05, 4.69) is 28.5 Å². The Hall–Kier alpha value is -0.506. The fourth-order valence-electron chi connectivity index (χ4n) is 2.03. The van der Waals surface area contributed by atoms with Gasteiger partial charge in [-0.1, -0.05) is 36.4 Å². The molecule has 3 rings (SSSR count). The van der Waals surface area contributed by atoms with Gasteiger partial charge in [0.05, 0.1) is 11.4 Å². The van der Waals surface area contributed by atoms with Crippen LogP contribution >= 0.6 is 28.5 Å². The van der Waals surface area contributed by atoms with Gasteiger partial charge in [0.15, 0.2) is 0 Å². The van der Waals surface area contributed by atoms with E-state index < -0.39 is 0 Å². The van der Waals surface area contributed by atoms with Gasteiger partial charge in [-0.25, -0.2) is 0 Å². The third-order valence-electron chi connectivity index (χ3n) is 2.69. The molecule has 5 heteroatoms. The Labute approximate surface area is 119 Å². The van der Waals surface area contributed by atoms with Crippen molar-refractivity contribution >= 4 is 50.6 Å². The van der Waals surface area contributed by atoms with Crippen LogP contribution in [0, 0.1) is 10.8 Å². The molecule has 0 atom stereocenters. The molecule has 0 radical (unpaired) electrons. The Morgan fingerprint density at radius 3 is 1.65 bits per heavy atom. The summed E-state index contributed by atoms with van der Waals surface area (Å²) in [6.45, 7) is 0. The number of hydrogen-bond donors (Lipinski definition) is 2. The van der Waals surface area contributed by atoms with Gasteiger partial charge in [-0.15, -0.1) is 0 Å². The summed E-state index contributed by atoms with van der Waals surface area (Å²) in [4.78, 5) is 0. The molecule has 0 heterocycles. The van der Waals surface area contributed by atoms with E-state index >= 15 is 0 Å². The van der Waals surface area contributed by atoms with E-state index in [1.165, 1.54) is 10.9 Å². The van der Waals surface area contributed by atoms with E-state index in [9.17, 15) is 0 Å². The molecule has 2 nitrogen and oxygen atoms in total. The van der Waals surface area contributed by atoms with Crippen LogP contribution in [0.15, 0.2) is 36.4 Å². The standard InChI is InChI=1S/C12H8N2.2BrH.Ni/c13-11-8-5-1-3-7-4-2-6-9(10(7)8)12(11)14;;;/h1-6,13-14H;2*1H;/q;;;+2/p-2. The molecule has 2 N–H and O–H groups in total. The van der Waals surface area contributed by atoms with Gasteiger partial charge in [-0.3, -0.25) is 10.8 Å². The van der Waals surface area contributed by atoms with Gasteiger partial charge in [0, 0.05) is 16.5 Å². The molecule has 17 heavy (non-hydrogen) atoms. The maximum atomic E-state index is 7.80. The molecule has 0 bridgehead atoms. The summed E-state index contributed by atoms with van der Waals surface area (Å²) < 4.78 is 0. The van der Waals surface area contributed by atoms with Crippen LogP contribution in [0.25, 0.3) is 10.8 Å². The SMILES string of the molecule is N=C1C(=N)c2cccc3cccc1c23.[Br][Ni][Br]. The predicted molar refractivity (Wildman–Crippen MR) is 75.5 cm³/mol. The van der Waals surface area contributed by atoms with Crippen LogP contribution in [0.5, 0.6) is 0 Å². The molecule has 2 aromatic rings. The van der Waals surface area contributed by atoms with Crippen LogP contribution in [0.3, 0.4) is 0 Å². The molecule has 0 spiro atoms. The predicted octanol–water partition coefficient (Wildman–Crippen LogP) is 4.28. The van der Waals surface area contributed by atoms with Gasteiger partial charge >= 0.3 is 39.3 Å². The Bertz CT molecular complexity index is 562. The molecule has 0 amide bonds. The van der Waals surface area contributed by atoms with E-state index in [0.717, 1.165) is 21.9 Å². The van der Waals surface area contributed by atoms with Crippen LogP contribution in [0.1, 0.15) is 11.1 Å². The zero-order valence-electron chi connectivity index (χ0n) is 8.54. The summed E-state index contributed by atoms with van der Waals surface area (Å²) in [6, 6.07) is 11.7. The topological polar surface area (TPSA) is 47.7 Å². The first kappa shape index (κ1) is 12.9. The van der Waals surface area contributed by atoms with Gasteiger partial charge in [0.2, 0.25) is 0 Å². The summed E-state index contributed by atoms with van der Waals surface area (Å²) >= 11 is 6.00. The van der Waals surface area contributed by atoms with Crippen molar-refractivity contribution in [3.63, 3.8) is 0 Å². The van der Waals surface area contributed by atoms with Crippen molar-refractivity contribution < 1.29 is 10.9 Å². The molecular weight excluding hydrogens is 391 g/mol. The molecule has 1 aliphatic rings. The van der Waals surface area contributed by atoms with Crippen LogP contribution in [0.2, 0.25) is 0 Å². The van der Waals surface area contributed by atoms with Crippen molar-refractivity contribution in [2.75, 3.05) is 0 Å². The first-order valence-electron chi connectivity index (χ1n) is 4.73. The Morgan fingerprint density at radius 1 is 0.824 bits per heavy atom. The van der Waals surface area contributed by atoms with Crippen molar-refractivity contribution in [2.45, 2.75) is 0 Å². The summed E-state index contributed by atoms with van der Waals surface area (Å²) in [5, 5.41) is 17.8. The minimum atomic E-state index is 0.344. The summed E-state index contributed by atoms with van der Waals surface area (Å²) in [6.07, 6.45) is 0. The van der Waals surface area contributed by atoms with Gasteiger partial charge in [-0.05, 0) is 5.39 Å². The number of rotatable bonds is 0. The van der Waals surface area contributed by atoms with Crippen molar-refractivity contribution in [2.24, 2.45) is 0 Å².